The summed E-state index contributed by atoms with van der Waals surface area (Å²) in [6.07, 6.45) is 6.96. The van der Waals surface area contributed by atoms with Crippen molar-refractivity contribution in [1.82, 2.24) is 15.1 Å². The molecule has 2 aliphatic heterocycles. The molecule has 94 valence electrons. The van der Waals surface area contributed by atoms with Gasteiger partial charge in [-0.2, -0.15) is 0 Å². The van der Waals surface area contributed by atoms with Crippen LogP contribution in [0.2, 0.25) is 0 Å². The van der Waals surface area contributed by atoms with Crippen LogP contribution in [0.4, 0.5) is 0 Å². The fourth-order valence-electron chi connectivity index (χ4n) is 2.80. The standard InChI is InChI=1S/C13H27N3/c1-2-9-15(8-1)10-3-4-11-16-12-5-6-14-7-13-16/h14H,1-13H2. The fourth-order valence-corrected chi connectivity index (χ4v) is 2.80. The largest absolute Gasteiger partial charge is 0.315 e. The Hall–Kier alpha value is -0.120. The minimum absolute atomic E-state index is 1.19. The molecule has 0 bridgehead atoms. The molecule has 0 atom stereocenters. The van der Waals surface area contributed by atoms with Crippen LogP contribution in [0.3, 0.4) is 0 Å². The highest BCUT2D eigenvalue weighted by molar-refractivity contribution is 4.68. The van der Waals surface area contributed by atoms with Crippen LogP contribution < -0.4 is 5.32 Å². The van der Waals surface area contributed by atoms with Gasteiger partial charge in [-0.3, -0.25) is 0 Å². The van der Waals surface area contributed by atoms with Crippen molar-refractivity contribution < 1.29 is 0 Å². The quantitative estimate of drug-likeness (QED) is 0.708. The van der Waals surface area contributed by atoms with E-state index >= 15 is 0 Å². The van der Waals surface area contributed by atoms with Gasteiger partial charge in [0.2, 0.25) is 0 Å². The first-order valence-corrected chi connectivity index (χ1v) is 7.10. The second kappa shape index (κ2) is 7.25. The SMILES string of the molecule is C1CCN(CCCCN2CCCNCC2)C1. The second-order valence-corrected chi connectivity index (χ2v) is 5.20. The number of likely N-dealkylation sites (tertiary alicyclic amines) is 1. The van der Waals surface area contributed by atoms with Gasteiger partial charge in [0.1, 0.15) is 0 Å². The topological polar surface area (TPSA) is 18.5 Å². The summed E-state index contributed by atoms with van der Waals surface area (Å²) in [5.74, 6) is 0. The Morgan fingerprint density at radius 2 is 1.31 bits per heavy atom. The van der Waals surface area contributed by atoms with E-state index < -0.39 is 0 Å². The Morgan fingerprint density at radius 3 is 2.06 bits per heavy atom. The number of hydrogen-bond donors (Lipinski definition) is 1. The van der Waals surface area contributed by atoms with Gasteiger partial charge in [0.15, 0.2) is 0 Å². The molecule has 0 unspecified atom stereocenters. The molecular weight excluding hydrogens is 198 g/mol. The first-order valence-electron chi connectivity index (χ1n) is 7.10. The lowest BCUT2D eigenvalue weighted by atomic mass is 10.2. The molecule has 16 heavy (non-hydrogen) atoms. The molecule has 0 aromatic carbocycles. The van der Waals surface area contributed by atoms with Gasteiger partial charge in [-0.1, -0.05) is 0 Å². The third kappa shape index (κ3) is 4.40. The number of unbranched alkanes of at least 4 members (excludes halogenated alkanes) is 1. The van der Waals surface area contributed by atoms with E-state index in [2.05, 4.69) is 15.1 Å². The summed E-state index contributed by atoms with van der Waals surface area (Å²) in [7, 11) is 0. The highest BCUT2D eigenvalue weighted by atomic mass is 15.2. The van der Waals surface area contributed by atoms with Gasteiger partial charge < -0.3 is 15.1 Å². The summed E-state index contributed by atoms with van der Waals surface area (Å²) in [6, 6.07) is 0. The minimum Gasteiger partial charge on any atom is -0.315 e. The first kappa shape index (κ1) is 12.3. The average molecular weight is 225 g/mol. The molecule has 2 saturated heterocycles. The van der Waals surface area contributed by atoms with Crippen molar-refractivity contribution in [1.29, 1.82) is 0 Å². The highest BCUT2D eigenvalue weighted by Crippen LogP contribution is 2.08. The van der Waals surface area contributed by atoms with Crippen LogP contribution in [0, 0.1) is 0 Å². The second-order valence-electron chi connectivity index (χ2n) is 5.20. The molecule has 0 aromatic heterocycles. The van der Waals surface area contributed by atoms with Crippen molar-refractivity contribution in [3.8, 4) is 0 Å². The van der Waals surface area contributed by atoms with E-state index in [1.54, 1.807) is 0 Å². The van der Waals surface area contributed by atoms with Crippen molar-refractivity contribution in [3.63, 3.8) is 0 Å². The predicted octanol–water partition coefficient (Wildman–Crippen LogP) is 1.16. The van der Waals surface area contributed by atoms with Gasteiger partial charge in [0.25, 0.3) is 0 Å². The number of rotatable bonds is 5. The van der Waals surface area contributed by atoms with Crippen LogP contribution >= 0.6 is 0 Å². The van der Waals surface area contributed by atoms with Crippen LogP contribution in [0.15, 0.2) is 0 Å². The Bertz CT molecular complexity index is 170. The van der Waals surface area contributed by atoms with E-state index in [4.69, 9.17) is 0 Å². The van der Waals surface area contributed by atoms with E-state index in [0.29, 0.717) is 0 Å². The molecule has 2 heterocycles. The van der Waals surface area contributed by atoms with E-state index in [-0.39, 0.29) is 0 Å². The minimum atomic E-state index is 1.19. The molecule has 0 amide bonds. The highest BCUT2D eigenvalue weighted by Gasteiger charge is 2.11. The Balaban J connectivity index is 1.49. The van der Waals surface area contributed by atoms with Crippen LogP contribution in [0.5, 0.6) is 0 Å². The molecule has 0 spiro atoms. The molecule has 1 N–H and O–H groups in total. The van der Waals surface area contributed by atoms with Crippen molar-refractivity contribution in [2.75, 3.05) is 52.4 Å². The van der Waals surface area contributed by atoms with Crippen molar-refractivity contribution in [2.45, 2.75) is 32.1 Å². The van der Waals surface area contributed by atoms with E-state index in [9.17, 15) is 0 Å². The summed E-state index contributed by atoms with van der Waals surface area (Å²) < 4.78 is 0. The summed E-state index contributed by atoms with van der Waals surface area (Å²) >= 11 is 0. The fraction of sp³-hybridized carbons (Fsp3) is 1.00. The Morgan fingerprint density at radius 1 is 0.688 bits per heavy atom. The zero-order valence-corrected chi connectivity index (χ0v) is 10.6. The zero-order chi connectivity index (χ0) is 11.1. The molecule has 2 rings (SSSR count). The Labute approximate surface area is 100 Å². The molecule has 0 saturated carbocycles. The Kier molecular flexibility index (Phi) is 5.59. The molecule has 3 nitrogen and oxygen atoms in total. The van der Waals surface area contributed by atoms with Crippen molar-refractivity contribution >= 4 is 0 Å². The molecule has 2 aliphatic rings. The molecule has 2 fully saturated rings. The third-order valence-electron chi connectivity index (χ3n) is 3.83. The number of hydrogen-bond acceptors (Lipinski definition) is 3. The third-order valence-corrected chi connectivity index (χ3v) is 3.83. The van der Waals surface area contributed by atoms with Gasteiger partial charge in [-0.15, -0.1) is 0 Å². The maximum atomic E-state index is 3.46. The molecule has 0 radical (unpaired) electrons. The molecule has 0 aromatic rings. The summed E-state index contributed by atoms with van der Waals surface area (Å²) in [6.45, 7) is 10.3. The number of nitrogens with one attached hydrogen (secondary N) is 1. The normalized spacial score (nSPS) is 24.8. The lowest BCUT2D eigenvalue weighted by molar-refractivity contribution is 0.270. The van der Waals surface area contributed by atoms with E-state index in [1.165, 1.54) is 84.5 Å². The van der Waals surface area contributed by atoms with E-state index in [0.717, 1.165) is 0 Å². The van der Waals surface area contributed by atoms with Crippen LogP contribution in [-0.4, -0.2) is 62.2 Å². The zero-order valence-electron chi connectivity index (χ0n) is 10.6. The van der Waals surface area contributed by atoms with Gasteiger partial charge >= 0.3 is 0 Å². The lowest BCUT2D eigenvalue weighted by Gasteiger charge is -2.20. The summed E-state index contributed by atoms with van der Waals surface area (Å²) in [5.41, 5.74) is 0. The average Bonchev–Trinajstić information content (AvgIpc) is 2.68. The predicted molar refractivity (Wildman–Crippen MR) is 68.8 cm³/mol. The molecule has 0 aliphatic carbocycles. The van der Waals surface area contributed by atoms with Gasteiger partial charge in [0, 0.05) is 13.1 Å². The van der Waals surface area contributed by atoms with E-state index in [1.807, 2.05) is 0 Å². The summed E-state index contributed by atoms with van der Waals surface area (Å²) in [5, 5.41) is 3.46. The van der Waals surface area contributed by atoms with Gasteiger partial charge in [-0.05, 0) is 71.4 Å². The van der Waals surface area contributed by atoms with Crippen molar-refractivity contribution in [3.05, 3.63) is 0 Å². The number of nitrogens with zero attached hydrogens (tertiary/aromatic N) is 2. The maximum absolute atomic E-state index is 3.46. The molecule has 3 heteroatoms. The van der Waals surface area contributed by atoms with Gasteiger partial charge in [-0.25, -0.2) is 0 Å². The lowest BCUT2D eigenvalue weighted by Crippen LogP contribution is -2.29. The summed E-state index contributed by atoms with van der Waals surface area (Å²) in [4.78, 5) is 5.26. The van der Waals surface area contributed by atoms with Crippen molar-refractivity contribution in [2.24, 2.45) is 0 Å². The smallest absolute Gasteiger partial charge is 0.0107 e. The van der Waals surface area contributed by atoms with Crippen LogP contribution in [-0.2, 0) is 0 Å². The van der Waals surface area contributed by atoms with Crippen LogP contribution in [0.25, 0.3) is 0 Å². The van der Waals surface area contributed by atoms with Gasteiger partial charge in [0.05, 0.1) is 0 Å². The maximum Gasteiger partial charge on any atom is 0.0107 e. The first-order chi connectivity index (χ1) is 7.95. The monoisotopic (exact) mass is 225 g/mol. The van der Waals surface area contributed by atoms with Crippen LogP contribution in [0.1, 0.15) is 32.1 Å². The molecular formula is C13H27N3.